The smallest absolute Gasteiger partial charge is 0.262 e. The number of nitriles is 1. The number of carbonyl (C=O) groups excluding carboxylic acids is 1. The van der Waals surface area contributed by atoms with E-state index in [0.717, 1.165) is 0 Å². The Morgan fingerprint density at radius 3 is 2.67 bits per heavy atom. The van der Waals surface area contributed by atoms with Gasteiger partial charge in [0.25, 0.3) is 5.91 Å². The standard InChI is InChI=1S/C10H11ClN2OS/c1-6(2)7(5-12)13-10(14)8-3-4-9(11)15-8/h3-4,6-7H,1-2H3,(H,13,14). The lowest BCUT2D eigenvalue weighted by Gasteiger charge is -2.13. The Balaban J connectivity index is 2.68. The minimum absolute atomic E-state index is 0.0920. The fraction of sp³-hybridized carbons (Fsp3) is 0.400. The summed E-state index contributed by atoms with van der Waals surface area (Å²) >= 11 is 6.91. The number of amides is 1. The quantitative estimate of drug-likeness (QED) is 0.886. The van der Waals surface area contributed by atoms with Crippen LogP contribution in [-0.2, 0) is 0 Å². The van der Waals surface area contributed by atoms with Crippen molar-refractivity contribution < 1.29 is 4.79 Å². The monoisotopic (exact) mass is 242 g/mol. The first-order valence-corrected chi connectivity index (χ1v) is 5.70. The van der Waals surface area contributed by atoms with Gasteiger partial charge in [-0.15, -0.1) is 11.3 Å². The van der Waals surface area contributed by atoms with E-state index in [2.05, 4.69) is 5.32 Å². The molecule has 0 saturated carbocycles. The molecule has 1 aromatic heterocycles. The van der Waals surface area contributed by atoms with Gasteiger partial charge in [-0.25, -0.2) is 0 Å². The summed E-state index contributed by atoms with van der Waals surface area (Å²) in [5.74, 6) is -0.151. The third-order valence-electron chi connectivity index (χ3n) is 1.89. The number of hydrogen-bond donors (Lipinski definition) is 1. The van der Waals surface area contributed by atoms with Crippen molar-refractivity contribution in [2.45, 2.75) is 19.9 Å². The second-order valence-electron chi connectivity index (χ2n) is 3.43. The molecule has 5 heteroatoms. The third kappa shape index (κ3) is 3.22. The number of thiophene rings is 1. The Morgan fingerprint density at radius 1 is 1.60 bits per heavy atom. The van der Waals surface area contributed by atoms with Gasteiger partial charge in [0.15, 0.2) is 0 Å². The largest absolute Gasteiger partial charge is 0.335 e. The van der Waals surface area contributed by atoms with Crippen LogP contribution < -0.4 is 5.32 Å². The first-order chi connectivity index (χ1) is 7.04. The lowest BCUT2D eigenvalue weighted by Crippen LogP contribution is -2.36. The molecule has 1 unspecified atom stereocenters. The average molecular weight is 243 g/mol. The van der Waals surface area contributed by atoms with Crippen LogP contribution in [0.25, 0.3) is 0 Å². The van der Waals surface area contributed by atoms with Gasteiger partial charge in [-0.05, 0) is 18.1 Å². The van der Waals surface area contributed by atoms with Gasteiger partial charge < -0.3 is 5.32 Å². The van der Waals surface area contributed by atoms with Gasteiger partial charge in [0.05, 0.1) is 15.3 Å². The fourth-order valence-corrected chi connectivity index (χ4v) is 1.94. The van der Waals surface area contributed by atoms with E-state index >= 15 is 0 Å². The maximum absolute atomic E-state index is 11.6. The van der Waals surface area contributed by atoms with Crippen LogP contribution in [-0.4, -0.2) is 11.9 Å². The topological polar surface area (TPSA) is 52.9 Å². The van der Waals surface area contributed by atoms with Crippen LogP contribution in [0.2, 0.25) is 4.34 Å². The molecule has 0 aromatic carbocycles. The van der Waals surface area contributed by atoms with E-state index in [1.54, 1.807) is 12.1 Å². The Labute approximate surface area is 97.7 Å². The Kier molecular flexibility index (Phi) is 4.13. The van der Waals surface area contributed by atoms with E-state index in [4.69, 9.17) is 16.9 Å². The highest BCUT2D eigenvalue weighted by Crippen LogP contribution is 2.21. The minimum Gasteiger partial charge on any atom is -0.335 e. The van der Waals surface area contributed by atoms with Crippen LogP contribution in [0.15, 0.2) is 12.1 Å². The molecule has 1 aromatic rings. The molecule has 0 fully saturated rings. The highest BCUT2D eigenvalue weighted by Gasteiger charge is 2.17. The Hall–Kier alpha value is -1.05. The molecule has 1 N–H and O–H groups in total. The molecule has 1 heterocycles. The summed E-state index contributed by atoms with van der Waals surface area (Å²) < 4.78 is 0.568. The Morgan fingerprint density at radius 2 is 2.27 bits per heavy atom. The minimum atomic E-state index is -0.460. The Bertz CT molecular complexity index is 394. The van der Waals surface area contributed by atoms with Crippen molar-refractivity contribution in [1.29, 1.82) is 5.26 Å². The summed E-state index contributed by atoms with van der Waals surface area (Å²) in [6.07, 6.45) is 0. The van der Waals surface area contributed by atoms with Crippen molar-refractivity contribution in [1.82, 2.24) is 5.32 Å². The lowest BCUT2D eigenvalue weighted by atomic mass is 10.1. The SMILES string of the molecule is CC(C)C(C#N)NC(=O)c1ccc(Cl)s1. The van der Waals surface area contributed by atoms with Gasteiger partial charge >= 0.3 is 0 Å². The van der Waals surface area contributed by atoms with Crippen LogP contribution in [0.4, 0.5) is 0 Å². The number of nitrogens with zero attached hydrogens (tertiary/aromatic N) is 1. The first kappa shape index (κ1) is 12.0. The average Bonchev–Trinajstić information content (AvgIpc) is 2.60. The van der Waals surface area contributed by atoms with Crippen molar-refractivity contribution in [3.8, 4) is 6.07 Å². The highest BCUT2D eigenvalue weighted by atomic mass is 35.5. The van der Waals surface area contributed by atoms with Crippen molar-refractivity contribution in [3.63, 3.8) is 0 Å². The molecular weight excluding hydrogens is 232 g/mol. The maximum atomic E-state index is 11.6. The van der Waals surface area contributed by atoms with E-state index in [1.165, 1.54) is 11.3 Å². The molecule has 0 aliphatic carbocycles. The molecule has 80 valence electrons. The summed E-state index contributed by atoms with van der Waals surface area (Å²) in [6.45, 7) is 3.77. The molecule has 0 aliphatic heterocycles. The van der Waals surface area contributed by atoms with Gasteiger partial charge in [-0.3, -0.25) is 4.79 Å². The van der Waals surface area contributed by atoms with Crippen LogP contribution in [0, 0.1) is 17.2 Å². The van der Waals surface area contributed by atoms with Gasteiger partial charge in [-0.1, -0.05) is 25.4 Å². The van der Waals surface area contributed by atoms with E-state index in [0.29, 0.717) is 9.21 Å². The van der Waals surface area contributed by atoms with Crippen molar-refractivity contribution in [2.75, 3.05) is 0 Å². The number of halogens is 1. The first-order valence-electron chi connectivity index (χ1n) is 4.50. The summed E-state index contributed by atoms with van der Waals surface area (Å²) in [4.78, 5) is 12.1. The van der Waals surface area contributed by atoms with Crippen LogP contribution in [0.3, 0.4) is 0 Å². The molecule has 0 aliphatic rings. The number of hydrogen-bond acceptors (Lipinski definition) is 3. The van der Waals surface area contributed by atoms with Crippen molar-refractivity contribution in [2.24, 2.45) is 5.92 Å². The molecular formula is C10H11ClN2OS. The number of rotatable bonds is 3. The van der Waals surface area contributed by atoms with E-state index < -0.39 is 6.04 Å². The van der Waals surface area contributed by atoms with Crippen molar-refractivity contribution in [3.05, 3.63) is 21.3 Å². The predicted molar refractivity (Wildman–Crippen MR) is 61.0 cm³/mol. The maximum Gasteiger partial charge on any atom is 0.262 e. The molecule has 3 nitrogen and oxygen atoms in total. The van der Waals surface area contributed by atoms with Crippen molar-refractivity contribution >= 4 is 28.8 Å². The highest BCUT2D eigenvalue weighted by molar-refractivity contribution is 7.17. The zero-order chi connectivity index (χ0) is 11.4. The zero-order valence-corrected chi connectivity index (χ0v) is 10.0. The molecule has 1 atom stereocenters. The fourth-order valence-electron chi connectivity index (χ4n) is 0.997. The van der Waals surface area contributed by atoms with Gasteiger partial charge in [0.2, 0.25) is 0 Å². The predicted octanol–water partition coefficient (Wildman–Crippen LogP) is 2.68. The number of carbonyl (C=O) groups is 1. The summed E-state index contributed by atoms with van der Waals surface area (Å²) in [5, 5.41) is 11.5. The lowest BCUT2D eigenvalue weighted by molar-refractivity contribution is 0.0941. The van der Waals surface area contributed by atoms with E-state index in [1.807, 2.05) is 19.9 Å². The number of nitrogens with one attached hydrogen (secondary N) is 1. The third-order valence-corrected chi connectivity index (χ3v) is 3.12. The van der Waals surface area contributed by atoms with Crippen LogP contribution >= 0.6 is 22.9 Å². The molecule has 0 saturated heterocycles. The van der Waals surface area contributed by atoms with E-state index in [-0.39, 0.29) is 11.8 Å². The normalized spacial score (nSPS) is 12.2. The molecule has 0 radical (unpaired) electrons. The van der Waals surface area contributed by atoms with Gasteiger partial charge in [-0.2, -0.15) is 5.26 Å². The molecule has 0 bridgehead atoms. The second kappa shape index (κ2) is 5.15. The molecule has 0 spiro atoms. The second-order valence-corrected chi connectivity index (χ2v) is 5.14. The summed E-state index contributed by atoms with van der Waals surface area (Å²) in [7, 11) is 0. The molecule has 1 rings (SSSR count). The summed E-state index contributed by atoms with van der Waals surface area (Å²) in [6, 6.07) is 4.90. The molecule has 1 amide bonds. The zero-order valence-electron chi connectivity index (χ0n) is 8.45. The van der Waals surface area contributed by atoms with Crippen LogP contribution in [0.5, 0.6) is 0 Å². The van der Waals surface area contributed by atoms with Crippen LogP contribution in [0.1, 0.15) is 23.5 Å². The molecule has 15 heavy (non-hydrogen) atoms. The summed E-state index contributed by atoms with van der Waals surface area (Å²) in [5.41, 5.74) is 0. The van der Waals surface area contributed by atoms with Gasteiger partial charge in [0, 0.05) is 0 Å². The van der Waals surface area contributed by atoms with E-state index in [9.17, 15) is 4.79 Å². The van der Waals surface area contributed by atoms with Gasteiger partial charge in [0.1, 0.15) is 6.04 Å².